The highest BCUT2D eigenvalue weighted by atomic mass is 79.9. The van der Waals surface area contributed by atoms with E-state index in [1.54, 1.807) is 12.1 Å². The average molecular weight is 332 g/mol. The Morgan fingerprint density at radius 1 is 1.32 bits per heavy atom. The molecule has 0 fully saturated rings. The third kappa shape index (κ3) is 4.86. The molecule has 0 amide bonds. The lowest BCUT2D eigenvalue weighted by Crippen LogP contribution is -2.33. The van der Waals surface area contributed by atoms with Crippen molar-refractivity contribution in [1.29, 1.82) is 0 Å². The highest BCUT2D eigenvalue weighted by molar-refractivity contribution is 9.10. The molecule has 19 heavy (non-hydrogen) atoms. The van der Waals surface area contributed by atoms with Crippen LogP contribution in [-0.4, -0.2) is 17.8 Å². The lowest BCUT2D eigenvalue weighted by molar-refractivity contribution is 0.0989. The van der Waals surface area contributed by atoms with Crippen LogP contribution < -0.4 is 5.32 Å². The van der Waals surface area contributed by atoms with Gasteiger partial charge in [0.15, 0.2) is 0 Å². The molecule has 2 unspecified atom stereocenters. The van der Waals surface area contributed by atoms with Gasteiger partial charge < -0.3 is 10.4 Å². The molecule has 2 N–H and O–H groups in total. The van der Waals surface area contributed by atoms with Crippen molar-refractivity contribution in [3.63, 3.8) is 0 Å². The minimum absolute atomic E-state index is 0.0842. The third-order valence-electron chi connectivity index (χ3n) is 3.67. The summed E-state index contributed by atoms with van der Waals surface area (Å²) >= 11 is 3.19. The van der Waals surface area contributed by atoms with Crippen LogP contribution in [0, 0.1) is 11.7 Å². The molecule has 0 saturated carbocycles. The zero-order valence-corrected chi connectivity index (χ0v) is 13.4. The Bertz CT molecular complexity index is 396. The molecule has 0 radical (unpaired) electrons. The standard InChI is InChI=1S/C15H23BrFNO/c1-4-11(5-2)15(19)9-18-10(3)12-6-7-14(17)13(16)8-12/h6-8,10-11,15,18-19H,4-5,9H2,1-3H3. The molecular formula is C15H23BrFNO. The van der Waals surface area contributed by atoms with E-state index in [9.17, 15) is 9.50 Å². The van der Waals surface area contributed by atoms with Crippen molar-refractivity contribution in [2.24, 2.45) is 5.92 Å². The van der Waals surface area contributed by atoms with Crippen molar-refractivity contribution in [2.45, 2.75) is 45.8 Å². The largest absolute Gasteiger partial charge is 0.392 e. The Balaban J connectivity index is 2.55. The summed E-state index contributed by atoms with van der Waals surface area (Å²) in [6, 6.07) is 5.08. The summed E-state index contributed by atoms with van der Waals surface area (Å²) in [4.78, 5) is 0. The van der Waals surface area contributed by atoms with Gasteiger partial charge in [-0.1, -0.05) is 32.8 Å². The number of rotatable bonds is 7. The van der Waals surface area contributed by atoms with E-state index >= 15 is 0 Å². The van der Waals surface area contributed by atoms with E-state index in [-0.39, 0.29) is 18.0 Å². The van der Waals surface area contributed by atoms with Crippen molar-refractivity contribution in [2.75, 3.05) is 6.54 Å². The van der Waals surface area contributed by atoms with E-state index in [2.05, 4.69) is 35.1 Å². The van der Waals surface area contributed by atoms with Gasteiger partial charge in [-0.15, -0.1) is 0 Å². The number of hydrogen-bond donors (Lipinski definition) is 2. The molecule has 4 heteroatoms. The monoisotopic (exact) mass is 331 g/mol. The number of aliphatic hydroxyl groups excluding tert-OH is 1. The van der Waals surface area contributed by atoms with E-state index in [0.29, 0.717) is 16.9 Å². The molecule has 0 spiro atoms. The fourth-order valence-electron chi connectivity index (χ4n) is 2.20. The van der Waals surface area contributed by atoms with E-state index in [0.717, 1.165) is 18.4 Å². The maximum Gasteiger partial charge on any atom is 0.137 e. The predicted molar refractivity (Wildman–Crippen MR) is 80.6 cm³/mol. The topological polar surface area (TPSA) is 32.3 Å². The van der Waals surface area contributed by atoms with Gasteiger partial charge in [0.25, 0.3) is 0 Å². The first-order valence-electron chi connectivity index (χ1n) is 6.85. The zero-order chi connectivity index (χ0) is 14.4. The summed E-state index contributed by atoms with van der Waals surface area (Å²) in [5.74, 6) is 0.0765. The second-order valence-electron chi connectivity index (χ2n) is 4.95. The predicted octanol–water partition coefficient (Wildman–Crippen LogP) is 4.04. The first-order valence-corrected chi connectivity index (χ1v) is 7.65. The van der Waals surface area contributed by atoms with Crippen molar-refractivity contribution in [3.8, 4) is 0 Å². The first kappa shape index (κ1) is 16.6. The SMILES string of the molecule is CCC(CC)C(O)CNC(C)c1ccc(F)c(Br)c1. The van der Waals surface area contributed by atoms with Gasteiger partial charge >= 0.3 is 0 Å². The van der Waals surface area contributed by atoms with Crippen molar-refractivity contribution >= 4 is 15.9 Å². The Morgan fingerprint density at radius 3 is 2.47 bits per heavy atom. The van der Waals surface area contributed by atoms with Crippen LogP contribution in [0.1, 0.15) is 45.2 Å². The fourth-order valence-corrected chi connectivity index (χ4v) is 2.59. The summed E-state index contributed by atoms with van der Waals surface area (Å²) in [6.45, 7) is 6.76. The molecule has 1 aromatic carbocycles. The molecule has 0 aromatic heterocycles. The van der Waals surface area contributed by atoms with Gasteiger partial charge in [0.05, 0.1) is 10.6 Å². The highest BCUT2D eigenvalue weighted by Crippen LogP contribution is 2.21. The second-order valence-corrected chi connectivity index (χ2v) is 5.80. The average Bonchev–Trinajstić information content (AvgIpc) is 2.40. The summed E-state index contributed by atoms with van der Waals surface area (Å²) in [6.07, 6.45) is 1.63. The molecule has 0 aliphatic rings. The maximum atomic E-state index is 13.2. The summed E-state index contributed by atoms with van der Waals surface area (Å²) in [7, 11) is 0. The maximum absolute atomic E-state index is 13.2. The van der Waals surface area contributed by atoms with Crippen molar-refractivity contribution in [1.82, 2.24) is 5.32 Å². The van der Waals surface area contributed by atoms with Gasteiger partial charge in [-0.25, -0.2) is 4.39 Å². The number of benzene rings is 1. The molecule has 0 aliphatic heterocycles. The van der Waals surface area contributed by atoms with Crippen molar-refractivity contribution in [3.05, 3.63) is 34.1 Å². The minimum atomic E-state index is -0.332. The Kier molecular flexibility index (Phi) is 6.97. The van der Waals surface area contributed by atoms with Crippen LogP contribution in [0.5, 0.6) is 0 Å². The molecule has 0 saturated heterocycles. The lowest BCUT2D eigenvalue weighted by Gasteiger charge is -2.23. The van der Waals surface area contributed by atoms with Gasteiger partial charge in [-0.3, -0.25) is 0 Å². The van der Waals surface area contributed by atoms with E-state index in [4.69, 9.17) is 0 Å². The Hall–Kier alpha value is -0.450. The van der Waals surface area contributed by atoms with E-state index < -0.39 is 0 Å². The molecule has 1 aromatic rings. The Labute approximate surface area is 123 Å². The van der Waals surface area contributed by atoms with Gasteiger partial charge in [0.1, 0.15) is 5.82 Å². The number of hydrogen-bond acceptors (Lipinski definition) is 2. The smallest absolute Gasteiger partial charge is 0.137 e. The molecular weight excluding hydrogens is 309 g/mol. The number of halogens is 2. The summed E-state index contributed by atoms with van der Waals surface area (Å²) in [5.41, 5.74) is 1.00. The normalized spacial score (nSPS) is 14.7. The quantitative estimate of drug-likeness (QED) is 0.790. The van der Waals surface area contributed by atoms with Crippen LogP contribution in [0.25, 0.3) is 0 Å². The van der Waals surface area contributed by atoms with Crippen LogP contribution in [0.3, 0.4) is 0 Å². The fraction of sp³-hybridized carbons (Fsp3) is 0.600. The number of aliphatic hydroxyl groups is 1. The Morgan fingerprint density at radius 2 is 1.95 bits per heavy atom. The zero-order valence-electron chi connectivity index (χ0n) is 11.8. The van der Waals surface area contributed by atoms with Gasteiger partial charge in [0.2, 0.25) is 0 Å². The van der Waals surface area contributed by atoms with Crippen molar-refractivity contribution < 1.29 is 9.50 Å². The molecule has 0 aliphatic carbocycles. The van der Waals surface area contributed by atoms with Gasteiger partial charge in [-0.05, 0) is 46.5 Å². The molecule has 1 rings (SSSR count). The van der Waals surface area contributed by atoms with Crippen LogP contribution in [0.4, 0.5) is 4.39 Å². The van der Waals surface area contributed by atoms with Gasteiger partial charge in [-0.2, -0.15) is 0 Å². The molecule has 108 valence electrons. The molecule has 2 atom stereocenters. The third-order valence-corrected chi connectivity index (χ3v) is 4.28. The molecule has 0 heterocycles. The van der Waals surface area contributed by atoms with E-state index in [1.165, 1.54) is 6.07 Å². The summed E-state index contributed by atoms with van der Waals surface area (Å²) < 4.78 is 13.6. The second kappa shape index (κ2) is 7.98. The minimum Gasteiger partial charge on any atom is -0.392 e. The lowest BCUT2D eigenvalue weighted by atomic mass is 9.96. The van der Waals surface area contributed by atoms with Crippen LogP contribution >= 0.6 is 15.9 Å². The summed E-state index contributed by atoms with van der Waals surface area (Å²) in [5, 5.41) is 13.4. The first-order chi connectivity index (χ1) is 8.99. The van der Waals surface area contributed by atoms with Crippen LogP contribution in [0.2, 0.25) is 0 Å². The van der Waals surface area contributed by atoms with Crippen LogP contribution in [-0.2, 0) is 0 Å². The van der Waals surface area contributed by atoms with E-state index in [1.807, 2.05) is 6.92 Å². The highest BCUT2D eigenvalue weighted by Gasteiger charge is 2.16. The van der Waals surface area contributed by atoms with Crippen LogP contribution in [0.15, 0.2) is 22.7 Å². The molecule has 2 nitrogen and oxygen atoms in total. The van der Waals surface area contributed by atoms with Gasteiger partial charge in [0, 0.05) is 12.6 Å². The number of nitrogens with one attached hydrogen (secondary N) is 1. The molecule has 0 bridgehead atoms.